The molecule has 0 saturated carbocycles. The topological polar surface area (TPSA) is 39.5 Å². The molecule has 90 valence electrons. The van der Waals surface area contributed by atoms with E-state index in [4.69, 9.17) is 9.47 Å². The maximum absolute atomic E-state index is 5.64. The molecule has 0 aromatic carbocycles. The minimum absolute atomic E-state index is 0.170. The Kier molecular flexibility index (Phi) is 3.79. The number of morpholine rings is 1. The van der Waals surface area contributed by atoms with E-state index in [1.54, 1.807) is 6.20 Å². The van der Waals surface area contributed by atoms with E-state index >= 15 is 0 Å². The third-order valence-corrected chi connectivity index (χ3v) is 2.71. The van der Waals surface area contributed by atoms with Gasteiger partial charge in [0.15, 0.2) is 5.75 Å². The van der Waals surface area contributed by atoms with Crippen molar-refractivity contribution < 1.29 is 9.47 Å². The molecule has 1 fully saturated rings. The van der Waals surface area contributed by atoms with E-state index in [-0.39, 0.29) is 6.10 Å². The summed E-state index contributed by atoms with van der Waals surface area (Å²) in [6, 6.07) is 0. The van der Waals surface area contributed by atoms with E-state index in [0.717, 1.165) is 32.0 Å². The average molecular weight is 225 g/mol. The van der Waals surface area contributed by atoms with E-state index in [9.17, 15) is 0 Å². The molecule has 0 radical (unpaired) electrons. The molecule has 1 aliphatic heterocycles. The summed E-state index contributed by atoms with van der Waals surface area (Å²) in [6.45, 7) is 6.24. The summed E-state index contributed by atoms with van der Waals surface area (Å²) in [6.07, 6.45) is 3.83. The highest BCUT2D eigenvalue weighted by atomic mass is 16.5. The van der Waals surface area contributed by atoms with Gasteiger partial charge in [-0.25, -0.2) is 0 Å². The summed E-state index contributed by atoms with van der Waals surface area (Å²) in [5.41, 5.74) is 0. The number of hydrogen-bond acceptors (Lipinski definition) is 4. The quantitative estimate of drug-likeness (QED) is 0.753. The van der Waals surface area contributed by atoms with Gasteiger partial charge in [0.25, 0.3) is 0 Å². The van der Waals surface area contributed by atoms with Crippen LogP contribution in [0.1, 0.15) is 6.92 Å². The number of ether oxygens (including phenoxy) is 2. The van der Waals surface area contributed by atoms with Crippen molar-refractivity contribution in [1.29, 1.82) is 0 Å². The van der Waals surface area contributed by atoms with E-state index < -0.39 is 0 Å². The summed E-state index contributed by atoms with van der Waals surface area (Å²) in [4.78, 5) is 2.26. The van der Waals surface area contributed by atoms with Crippen LogP contribution < -0.4 is 4.74 Å². The van der Waals surface area contributed by atoms with Crippen molar-refractivity contribution in [2.24, 2.45) is 0 Å². The van der Waals surface area contributed by atoms with Crippen molar-refractivity contribution in [2.75, 3.05) is 33.4 Å². The Balaban J connectivity index is 1.78. The zero-order valence-corrected chi connectivity index (χ0v) is 9.93. The van der Waals surface area contributed by atoms with Crippen LogP contribution >= 0.6 is 0 Å². The highest BCUT2D eigenvalue weighted by Gasteiger charge is 2.18. The van der Waals surface area contributed by atoms with Gasteiger partial charge in [0.1, 0.15) is 12.7 Å². The maximum atomic E-state index is 5.64. The average Bonchev–Trinajstić information content (AvgIpc) is 2.74. The van der Waals surface area contributed by atoms with Crippen molar-refractivity contribution >= 4 is 0 Å². The molecular formula is C11H19N3O2. The van der Waals surface area contributed by atoms with Crippen LogP contribution in [0.15, 0.2) is 12.4 Å². The third kappa shape index (κ3) is 2.96. The lowest BCUT2D eigenvalue weighted by Gasteiger charge is -2.29. The van der Waals surface area contributed by atoms with Crippen LogP contribution in [0.2, 0.25) is 0 Å². The molecule has 0 N–H and O–H groups in total. The zero-order chi connectivity index (χ0) is 11.4. The van der Waals surface area contributed by atoms with E-state index in [0.29, 0.717) is 6.61 Å². The van der Waals surface area contributed by atoms with Crippen molar-refractivity contribution in [1.82, 2.24) is 14.7 Å². The number of aryl methyl sites for hydroxylation is 1. The molecule has 2 heterocycles. The lowest BCUT2D eigenvalue weighted by molar-refractivity contribution is -0.0403. The molecule has 1 saturated heterocycles. The van der Waals surface area contributed by atoms with Gasteiger partial charge in [-0.05, 0) is 14.0 Å². The van der Waals surface area contributed by atoms with Gasteiger partial charge in [0.2, 0.25) is 0 Å². The standard InChI is InChI=1S/C11H19N3O2/c1-3-14-8-10(6-12-14)16-9-11-7-13(2)4-5-15-11/h6,8,11H,3-5,7,9H2,1-2H3. The van der Waals surface area contributed by atoms with Gasteiger partial charge in [0.05, 0.1) is 19.0 Å². The van der Waals surface area contributed by atoms with Gasteiger partial charge in [0, 0.05) is 19.6 Å². The number of rotatable bonds is 4. The Labute approximate surface area is 95.9 Å². The summed E-state index contributed by atoms with van der Waals surface area (Å²) >= 11 is 0. The van der Waals surface area contributed by atoms with E-state index in [1.165, 1.54) is 0 Å². The van der Waals surface area contributed by atoms with Crippen molar-refractivity contribution in [3.05, 3.63) is 12.4 Å². The fourth-order valence-corrected chi connectivity index (χ4v) is 1.75. The smallest absolute Gasteiger partial charge is 0.157 e. The molecule has 1 aliphatic rings. The van der Waals surface area contributed by atoms with Crippen LogP contribution in [0.5, 0.6) is 5.75 Å². The summed E-state index contributed by atoms with van der Waals surface area (Å²) in [7, 11) is 2.10. The molecular weight excluding hydrogens is 206 g/mol. The largest absolute Gasteiger partial charge is 0.488 e. The number of aromatic nitrogens is 2. The molecule has 0 aliphatic carbocycles. The van der Waals surface area contributed by atoms with Gasteiger partial charge in [-0.1, -0.05) is 0 Å². The van der Waals surface area contributed by atoms with Crippen molar-refractivity contribution in [3.63, 3.8) is 0 Å². The second-order valence-electron chi connectivity index (χ2n) is 4.10. The molecule has 5 nitrogen and oxygen atoms in total. The van der Waals surface area contributed by atoms with Gasteiger partial charge < -0.3 is 14.4 Å². The maximum Gasteiger partial charge on any atom is 0.157 e. The Bertz CT molecular complexity index is 327. The first-order valence-corrected chi connectivity index (χ1v) is 5.73. The monoisotopic (exact) mass is 225 g/mol. The normalized spacial score (nSPS) is 22.2. The number of hydrogen-bond donors (Lipinski definition) is 0. The summed E-state index contributed by atoms with van der Waals surface area (Å²) < 4.78 is 13.1. The molecule has 1 unspecified atom stereocenters. The fourth-order valence-electron chi connectivity index (χ4n) is 1.75. The Morgan fingerprint density at radius 2 is 2.50 bits per heavy atom. The molecule has 0 amide bonds. The lowest BCUT2D eigenvalue weighted by Crippen LogP contribution is -2.42. The second kappa shape index (κ2) is 5.32. The Hall–Kier alpha value is -1.07. The predicted molar refractivity (Wildman–Crippen MR) is 60.6 cm³/mol. The zero-order valence-electron chi connectivity index (χ0n) is 9.93. The van der Waals surface area contributed by atoms with Gasteiger partial charge in [-0.15, -0.1) is 0 Å². The highest BCUT2D eigenvalue weighted by Crippen LogP contribution is 2.10. The Morgan fingerprint density at radius 3 is 3.19 bits per heavy atom. The fraction of sp³-hybridized carbons (Fsp3) is 0.727. The molecule has 1 aromatic rings. The first-order valence-electron chi connectivity index (χ1n) is 5.73. The third-order valence-electron chi connectivity index (χ3n) is 2.71. The van der Waals surface area contributed by atoms with Crippen LogP contribution in [0.4, 0.5) is 0 Å². The number of nitrogens with zero attached hydrogens (tertiary/aromatic N) is 3. The minimum Gasteiger partial charge on any atom is -0.488 e. The van der Waals surface area contributed by atoms with Crippen LogP contribution in [-0.2, 0) is 11.3 Å². The molecule has 5 heteroatoms. The van der Waals surface area contributed by atoms with E-state index in [2.05, 4.69) is 24.0 Å². The van der Waals surface area contributed by atoms with Crippen molar-refractivity contribution in [3.8, 4) is 5.75 Å². The first-order chi connectivity index (χ1) is 7.78. The van der Waals surface area contributed by atoms with Crippen molar-refractivity contribution in [2.45, 2.75) is 19.6 Å². The van der Waals surface area contributed by atoms with Crippen LogP contribution in [0, 0.1) is 0 Å². The lowest BCUT2D eigenvalue weighted by atomic mass is 10.3. The van der Waals surface area contributed by atoms with Gasteiger partial charge >= 0.3 is 0 Å². The molecule has 2 rings (SSSR count). The molecule has 1 aromatic heterocycles. The summed E-state index contributed by atoms with van der Waals surface area (Å²) in [5, 5.41) is 4.15. The molecule has 16 heavy (non-hydrogen) atoms. The number of likely N-dealkylation sites (N-methyl/N-ethyl adjacent to an activating group) is 1. The van der Waals surface area contributed by atoms with Crippen LogP contribution in [-0.4, -0.2) is 54.1 Å². The first kappa shape index (κ1) is 11.4. The predicted octanol–water partition coefficient (Wildman–Crippen LogP) is 0.612. The van der Waals surface area contributed by atoms with Crippen LogP contribution in [0.25, 0.3) is 0 Å². The molecule has 1 atom stereocenters. The highest BCUT2D eigenvalue weighted by molar-refractivity contribution is 5.11. The Morgan fingerprint density at radius 1 is 1.62 bits per heavy atom. The minimum atomic E-state index is 0.170. The van der Waals surface area contributed by atoms with Gasteiger partial charge in [-0.3, -0.25) is 4.68 Å². The van der Waals surface area contributed by atoms with Crippen LogP contribution in [0.3, 0.4) is 0 Å². The van der Waals surface area contributed by atoms with E-state index in [1.807, 2.05) is 10.9 Å². The summed E-state index contributed by atoms with van der Waals surface area (Å²) in [5.74, 6) is 0.818. The van der Waals surface area contributed by atoms with Gasteiger partial charge in [-0.2, -0.15) is 5.10 Å². The molecule has 0 spiro atoms. The molecule has 0 bridgehead atoms. The second-order valence-corrected chi connectivity index (χ2v) is 4.10. The SMILES string of the molecule is CCn1cc(OCC2CN(C)CCO2)cn1.